The van der Waals surface area contributed by atoms with Gasteiger partial charge in [-0.1, -0.05) is 11.8 Å². The molecule has 0 aromatic heterocycles. The molecule has 8 heteroatoms. The molecule has 0 aliphatic carbocycles. The van der Waals surface area contributed by atoms with Crippen LogP contribution in [0.15, 0.2) is 29.3 Å². The fourth-order valence-corrected chi connectivity index (χ4v) is 5.91. The zero-order valence-corrected chi connectivity index (χ0v) is 11.9. The van der Waals surface area contributed by atoms with E-state index in [0.29, 0.717) is 5.17 Å². The number of carboxylic acid groups (broad SMARTS) is 1. The van der Waals surface area contributed by atoms with E-state index >= 15 is 0 Å². The highest BCUT2D eigenvalue weighted by Gasteiger charge is 2.42. The van der Waals surface area contributed by atoms with Gasteiger partial charge in [-0.25, -0.2) is 13.2 Å². The molecule has 2 N–H and O–H groups in total. The average Bonchev–Trinajstić information content (AvgIpc) is 2.82. The number of aliphatic imine (C=N–C) groups is 1. The van der Waals surface area contributed by atoms with Gasteiger partial charge in [-0.15, -0.1) is 0 Å². The van der Waals surface area contributed by atoms with Crippen molar-refractivity contribution in [2.45, 2.75) is 11.3 Å². The molecule has 20 heavy (non-hydrogen) atoms. The van der Waals surface area contributed by atoms with Crippen molar-refractivity contribution >= 4 is 38.4 Å². The minimum atomic E-state index is -2.94. The first kappa shape index (κ1) is 13.4. The van der Waals surface area contributed by atoms with Crippen molar-refractivity contribution in [3.05, 3.63) is 29.8 Å². The molecule has 0 saturated carbocycles. The molecule has 1 saturated heterocycles. The van der Waals surface area contributed by atoms with Crippen LogP contribution in [0.4, 0.5) is 5.69 Å². The van der Waals surface area contributed by atoms with Gasteiger partial charge < -0.3 is 10.4 Å². The van der Waals surface area contributed by atoms with E-state index in [0.717, 1.165) is 5.69 Å². The number of nitrogens with one attached hydrogen (secondary N) is 1. The molecule has 2 atom stereocenters. The van der Waals surface area contributed by atoms with Gasteiger partial charge in [-0.05, 0) is 24.3 Å². The summed E-state index contributed by atoms with van der Waals surface area (Å²) in [6.45, 7) is 0. The van der Waals surface area contributed by atoms with Crippen molar-refractivity contribution < 1.29 is 18.3 Å². The Balaban J connectivity index is 1.69. The molecule has 1 aromatic rings. The molecule has 0 radical (unpaired) electrons. The zero-order valence-electron chi connectivity index (χ0n) is 10.3. The molecule has 106 valence electrons. The van der Waals surface area contributed by atoms with Crippen LogP contribution in [-0.4, -0.2) is 47.5 Å². The predicted octanol–water partition coefficient (Wildman–Crippen LogP) is 1.07. The van der Waals surface area contributed by atoms with E-state index in [9.17, 15) is 13.2 Å². The molecular formula is C12H12N2O4S2. The maximum atomic E-state index is 11.5. The number of hydrogen-bond acceptors (Lipinski definition) is 6. The summed E-state index contributed by atoms with van der Waals surface area (Å²) >= 11 is 1.43. The fourth-order valence-electron chi connectivity index (χ4n) is 2.24. The Morgan fingerprint density at radius 3 is 2.60 bits per heavy atom. The second kappa shape index (κ2) is 4.78. The lowest BCUT2D eigenvalue weighted by Gasteiger charge is -2.06. The summed E-state index contributed by atoms with van der Waals surface area (Å²) in [5.41, 5.74) is 0.962. The van der Waals surface area contributed by atoms with Gasteiger partial charge in [0.15, 0.2) is 15.0 Å². The Bertz CT molecular complexity index is 682. The van der Waals surface area contributed by atoms with Crippen LogP contribution in [0.1, 0.15) is 10.4 Å². The first-order valence-electron chi connectivity index (χ1n) is 5.98. The molecule has 0 bridgehead atoms. The number of carboxylic acids is 1. The molecule has 2 aliphatic heterocycles. The molecule has 2 heterocycles. The molecule has 1 fully saturated rings. The van der Waals surface area contributed by atoms with Gasteiger partial charge in [0.05, 0.1) is 23.1 Å². The second-order valence-electron chi connectivity index (χ2n) is 4.74. The summed E-state index contributed by atoms with van der Waals surface area (Å²) in [7, 11) is -2.94. The summed E-state index contributed by atoms with van der Waals surface area (Å²) < 4.78 is 22.9. The number of fused-ring (bicyclic) bond motifs is 1. The standard InChI is InChI=1S/C12H12N2O4S2/c15-11(16)7-1-3-8(4-2-7)13-12-14-9-5-20(17,18)6-10(9)19-12/h1-4,9-10H,5-6H2,(H,13,14)(H,15,16)/t9-,10-/m1/s1. The normalized spacial score (nSPS) is 26.9. The summed E-state index contributed by atoms with van der Waals surface area (Å²) in [6.07, 6.45) is 0. The van der Waals surface area contributed by atoms with Crippen molar-refractivity contribution in [1.29, 1.82) is 0 Å². The van der Waals surface area contributed by atoms with E-state index < -0.39 is 15.8 Å². The number of nitrogens with zero attached hydrogens (tertiary/aromatic N) is 1. The first-order chi connectivity index (χ1) is 9.43. The molecule has 6 nitrogen and oxygen atoms in total. The molecule has 0 amide bonds. The summed E-state index contributed by atoms with van der Waals surface area (Å²) in [4.78, 5) is 15.1. The van der Waals surface area contributed by atoms with Crippen LogP contribution in [0.3, 0.4) is 0 Å². The third kappa shape index (κ3) is 2.66. The van der Waals surface area contributed by atoms with Gasteiger partial charge in [0.25, 0.3) is 0 Å². The van der Waals surface area contributed by atoms with Crippen molar-refractivity contribution in [1.82, 2.24) is 0 Å². The molecule has 2 aliphatic rings. The van der Waals surface area contributed by atoms with E-state index in [2.05, 4.69) is 10.3 Å². The van der Waals surface area contributed by atoms with Gasteiger partial charge >= 0.3 is 5.97 Å². The third-order valence-corrected chi connectivity index (χ3v) is 6.34. The lowest BCUT2D eigenvalue weighted by atomic mass is 10.2. The number of hydrogen-bond donors (Lipinski definition) is 2. The monoisotopic (exact) mass is 312 g/mol. The number of sulfone groups is 1. The smallest absolute Gasteiger partial charge is 0.335 e. The van der Waals surface area contributed by atoms with Crippen LogP contribution in [0.2, 0.25) is 0 Å². The Labute approximate surface area is 120 Å². The number of thioether (sulfide) groups is 1. The SMILES string of the molecule is O=C(O)c1ccc(NC2=N[C@@H]3CS(=O)(=O)C[C@H]3S2)cc1. The van der Waals surface area contributed by atoms with E-state index in [1.54, 1.807) is 12.1 Å². The molecule has 1 aromatic carbocycles. The van der Waals surface area contributed by atoms with Crippen LogP contribution < -0.4 is 5.32 Å². The molecule has 0 unspecified atom stereocenters. The van der Waals surface area contributed by atoms with E-state index in [1.165, 1.54) is 23.9 Å². The van der Waals surface area contributed by atoms with Crippen LogP contribution >= 0.6 is 11.8 Å². The quantitative estimate of drug-likeness (QED) is 0.848. The Hall–Kier alpha value is -1.54. The number of rotatable bonds is 2. The third-order valence-electron chi connectivity index (χ3n) is 3.20. The van der Waals surface area contributed by atoms with Gasteiger partial charge in [0.1, 0.15) is 0 Å². The highest BCUT2D eigenvalue weighted by molar-refractivity contribution is 8.15. The fraction of sp³-hybridized carbons (Fsp3) is 0.333. The highest BCUT2D eigenvalue weighted by atomic mass is 32.2. The second-order valence-corrected chi connectivity index (χ2v) is 8.12. The topological polar surface area (TPSA) is 95.8 Å². The maximum Gasteiger partial charge on any atom is 0.335 e. The zero-order chi connectivity index (χ0) is 14.3. The predicted molar refractivity (Wildman–Crippen MR) is 78.3 cm³/mol. The van der Waals surface area contributed by atoms with Gasteiger partial charge in [0.2, 0.25) is 0 Å². The average molecular weight is 312 g/mol. The van der Waals surface area contributed by atoms with E-state index in [4.69, 9.17) is 5.11 Å². The number of benzene rings is 1. The summed E-state index contributed by atoms with van der Waals surface area (Å²) in [5.74, 6) is -0.674. The summed E-state index contributed by atoms with van der Waals surface area (Å²) in [6, 6.07) is 6.19. The van der Waals surface area contributed by atoms with Gasteiger partial charge in [-0.2, -0.15) is 0 Å². The van der Waals surface area contributed by atoms with Crippen LogP contribution in [0.25, 0.3) is 0 Å². The van der Waals surface area contributed by atoms with Crippen molar-refractivity contribution in [3.63, 3.8) is 0 Å². The number of amidine groups is 1. The lowest BCUT2D eigenvalue weighted by molar-refractivity contribution is 0.0697. The van der Waals surface area contributed by atoms with Crippen molar-refractivity contribution in [3.8, 4) is 0 Å². The minimum Gasteiger partial charge on any atom is -0.478 e. The Morgan fingerprint density at radius 2 is 2.00 bits per heavy atom. The highest BCUT2D eigenvalue weighted by Crippen LogP contribution is 2.34. The first-order valence-corrected chi connectivity index (χ1v) is 8.68. The Morgan fingerprint density at radius 1 is 1.30 bits per heavy atom. The van der Waals surface area contributed by atoms with Crippen LogP contribution in [0, 0.1) is 0 Å². The van der Waals surface area contributed by atoms with Crippen molar-refractivity contribution in [2.24, 2.45) is 4.99 Å². The largest absolute Gasteiger partial charge is 0.478 e. The van der Waals surface area contributed by atoms with Crippen molar-refractivity contribution in [2.75, 3.05) is 16.8 Å². The number of aromatic carboxylic acids is 1. The van der Waals surface area contributed by atoms with E-state index in [-0.39, 0.29) is 28.4 Å². The van der Waals surface area contributed by atoms with Gasteiger partial charge in [0, 0.05) is 10.9 Å². The summed E-state index contributed by atoms with van der Waals surface area (Å²) in [5, 5.41) is 12.6. The van der Waals surface area contributed by atoms with Crippen LogP contribution in [-0.2, 0) is 9.84 Å². The maximum absolute atomic E-state index is 11.5. The van der Waals surface area contributed by atoms with Gasteiger partial charge in [-0.3, -0.25) is 4.99 Å². The molecule has 0 spiro atoms. The minimum absolute atomic E-state index is 0.000734. The lowest BCUT2D eigenvalue weighted by Crippen LogP contribution is -2.13. The number of anilines is 1. The van der Waals surface area contributed by atoms with Crippen LogP contribution in [0.5, 0.6) is 0 Å². The molecular weight excluding hydrogens is 300 g/mol. The number of carbonyl (C=O) groups is 1. The van der Waals surface area contributed by atoms with E-state index in [1.807, 2.05) is 0 Å². The molecule has 3 rings (SSSR count). The Kier molecular flexibility index (Phi) is 3.21.